The molecular weight excluding hydrogens is 378 g/mol. The number of carboxylic acids is 1. The molecule has 0 saturated heterocycles. The fourth-order valence-corrected chi connectivity index (χ4v) is 3.08. The normalized spacial score (nSPS) is 12.5. The minimum atomic E-state index is -0.900. The first-order chi connectivity index (χ1) is 14.2. The van der Waals surface area contributed by atoms with Gasteiger partial charge in [0.05, 0.1) is 12.3 Å². The molecule has 5 nitrogen and oxygen atoms in total. The second kappa shape index (κ2) is 10.5. The highest BCUT2D eigenvalue weighted by Crippen LogP contribution is 2.24. The third kappa shape index (κ3) is 6.66. The summed E-state index contributed by atoms with van der Waals surface area (Å²) in [7, 11) is 0. The Morgan fingerprint density at radius 1 is 1.07 bits per heavy atom. The molecule has 0 aliphatic carbocycles. The molecule has 0 aliphatic heterocycles. The van der Waals surface area contributed by atoms with Crippen LogP contribution in [0.4, 0.5) is 5.69 Å². The van der Waals surface area contributed by atoms with Crippen molar-refractivity contribution in [1.82, 2.24) is 0 Å². The van der Waals surface area contributed by atoms with E-state index in [0.29, 0.717) is 17.4 Å². The van der Waals surface area contributed by atoms with Crippen molar-refractivity contribution in [3.8, 4) is 17.6 Å². The molecule has 0 heterocycles. The Morgan fingerprint density at radius 3 is 2.30 bits per heavy atom. The van der Waals surface area contributed by atoms with Gasteiger partial charge in [0.15, 0.2) is 6.10 Å². The summed E-state index contributed by atoms with van der Waals surface area (Å²) in [4.78, 5) is 23.6. The average molecular weight is 408 g/mol. The van der Waals surface area contributed by atoms with Gasteiger partial charge >= 0.3 is 5.97 Å². The molecule has 2 rings (SSSR count). The zero-order valence-electron chi connectivity index (χ0n) is 18.2. The van der Waals surface area contributed by atoms with E-state index in [9.17, 15) is 9.59 Å². The summed E-state index contributed by atoms with van der Waals surface area (Å²) in [6, 6.07) is 13.1. The van der Waals surface area contributed by atoms with Gasteiger partial charge < -0.3 is 15.2 Å². The molecule has 0 radical (unpaired) electrons. The number of carbonyl (C=O) groups excluding carboxylic acids is 1. The Bertz CT molecular complexity index is 951. The summed E-state index contributed by atoms with van der Waals surface area (Å²) in [5.74, 6) is 5.19. The largest absolute Gasteiger partial charge is 0.481 e. The molecule has 0 aliphatic rings. The lowest BCUT2D eigenvalue weighted by atomic mass is 9.96. The molecule has 30 heavy (non-hydrogen) atoms. The monoisotopic (exact) mass is 407 g/mol. The number of carboxylic acid groups (broad SMARTS) is 1. The molecule has 0 bridgehead atoms. The van der Waals surface area contributed by atoms with Crippen LogP contribution in [0.15, 0.2) is 42.5 Å². The van der Waals surface area contributed by atoms with E-state index in [1.165, 1.54) is 5.56 Å². The van der Waals surface area contributed by atoms with E-state index in [2.05, 4.69) is 37.1 Å². The Morgan fingerprint density at radius 2 is 1.73 bits per heavy atom. The van der Waals surface area contributed by atoms with E-state index in [1.54, 1.807) is 38.1 Å². The van der Waals surface area contributed by atoms with E-state index < -0.39 is 12.1 Å². The molecule has 158 valence electrons. The van der Waals surface area contributed by atoms with E-state index in [4.69, 9.17) is 9.84 Å². The molecule has 2 aromatic rings. The smallest absolute Gasteiger partial charge is 0.304 e. The second-order valence-electron chi connectivity index (χ2n) is 7.65. The summed E-state index contributed by atoms with van der Waals surface area (Å²) < 4.78 is 5.86. The molecule has 0 fully saturated rings. The zero-order chi connectivity index (χ0) is 22.3. The molecule has 1 amide bonds. The summed E-state index contributed by atoms with van der Waals surface area (Å²) >= 11 is 0. The molecule has 0 aromatic heterocycles. The van der Waals surface area contributed by atoms with Crippen LogP contribution in [0, 0.1) is 18.8 Å². The highest BCUT2D eigenvalue weighted by molar-refractivity contribution is 5.94. The van der Waals surface area contributed by atoms with Gasteiger partial charge in [-0.15, -0.1) is 5.92 Å². The van der Waals surface area contributed by atoms with E-state index >= 15 is 0 Å². The van der Waals surface area contributed by atoms with Crippen LogP contribution in [0.25, 0.3) is 0 Å². The van der Waals surface area contributed by atoms with Crippen molar-refractivity contribution in [2.45, 2.75) is 59.0 Å². The number of anilines is 1. The van der Waals surface area contributed by atoms with Crippen LogP contribution in [-0.2, 0) is 9.59 Å². The fourth-order valence-electron chi connectivity index (χ4n) is 3.08. The van der Waals surface area contributed by atoms with Crippen molar-refractivity contribution in [1.29, 1.82) is 0 Å². The fraction of sp³-hybridized carbons (Fsp3) is 0.360. The summed E-state index contributed by atoms with van der Waals surface area (Å²) in [6.07, 6.45) is -0.732. The standard InChI is InChI=1S/C25H29NO4/c1-6-7-20(15-24(27)28)19-8-10-22(11-9-19)26-25(29)18(5)30-23-13-17(4)12-21(14-23)16(2)3/h8-14,16,18,20H,15H2,1-5H3,(H,26,29)(H,27,28). The number of aliphatic carboxylic acids is 1. The number of aryl methyl sites for hydroxylation is 1. The highest BCUT2D eigenvalue weighted by atomic mass is 16.5. The van der Waals surface area contributed by atoms with Crippen LogP contribution in [-0.4, -0.2) is 23.1 Å². The summed E-state index contributed by atoms with van der Waals surface area (Å²) in [5, 5.41) is 11.9. The third-order valence-corrected chi connectivity index (χ3v) is 4.70. The van der Waals surface area contributed by atoms with Crippen LogP contribution in [0.3, 0.4) is 0 Å². The number of hydrogen-bond donors (Lipinski definition) is 2. The number of hydrogen-bond acceptors (Lipinski definition) is 3. The number of nitrogens with one attached hydrogen (secondary N) is 1. The van der Waals surface area contributed by atoms with Crippen molar-refractivity contribution in [3.05, 3.63) is 59.2 Å². The molecule has 5 heteroatoms. The Balaban J connectivity index is 2.05. The maximum atomic E-state index is 12.6. The quantitative estimate of drug-likeness (QED) is 0.597. The van der Waals surface area contributed by atoms with E-state index in [0.717, 1.165) is 11.1 Å². The van der Waals surface area contributed by atoms with Gasteiger partial charge in [0.25, 0.3) is 5.91 Å². The molecule has 2 aromatic carbocycles. The number of ether oxygens (including phenoxy) is 1. The maximum Gasteiger partial charge on any atom is 0.304 e. The molecule has 2 atom stereocenters. The van der Waals surface area contributed by atoms with Crippen molar-refractivity contribution in [3.63, 3.8) is 0 Å². The van der Waals surface area contributed by atoms with Gasteiger partial charge in [0, 0.05) is 5.69 Å². The van der Waals surface area contributed by atoms with Gasteiger partial charge in [-0.05, 0) is 67.6 Å². The van der Waals surface area contributed by atoms with Crippen LogP contribution in [0.5, 0.6) is 5.75 Å². The minimum absolute atomic E-state index is 0.0632. The van der Waals surface area contributed by atoms with Crippen LogP contribution < -0.4 is 10.1 Å². The lowest BCUT2D eigenvalue weighted by molar-refractivity contribution is -0.137. The Labute approximate surface area is 178 Å². The van der Waals surface area contributed by atoms with Gasteiger partial charge in [-0.2, -0.15) is 0 Å². The Hall–Kier alpha value is -3.26. The zero-order valence-corrected chi connectivity index (χ0v) is 18.2. The minimum Gasteiger partial charge on any atom is -0.481 e. The van der Waals surface area contributed by atoms with Gasteiger partial charge in [0.1, 0.15) is 5.75 Å². The molecule has 2 N–H and O–H groups in total. The van der Waals surface area contributed by atoms with E-state index in [1.807, 2.05) is 19.1 Å². The lowest BCUT2D eigenvalue weighted by Gasteiger charge is -2.17. The van der Waals surface area contributed by atoms with Crippen molar-refractivity contribution in [2.24, 2.45) is 0 Å². The molecule has 0 spiro atoms. The van der Waals surface area contributed by atoms with E-state index in [-0.39, 0.29) is 18.2 Å². The Kier molecular flexibility index (Phi) is 8.06. The van der Waals surface area contributed by atoms with Crippen molar-refractivity contribution in [2.75, 3.05) is 5.32 Å². The highest BCUT2D eigenvalue weighted by Gasteiger charge is 2.17. The van der Waals surface area contributed by atoms with Gasteiger partial charge in [-0.1, -0.05) is 38.0 Å². The first-order valence-electron chi connectivity index (χ1n) is 10.0. The molecular formula is C25H29NO4. The van der Waals surface area contributed by atoms with Crippen LogP contribution in [0.2, 0.25) is 0 Å². The van der Waals surface area contributed by atoms with Crippen LogP contribution >= 0.6 is 0 Å². The van der Waals surface area contributed by atoms with Gasteiger partial charge in [-0.25, -0.2) is 0 Å². The predicted octanol–water partition coefficient (Wildman–Crippen LogP) is 5.11. The number of rotatable bonds is 8. The molecule has 0 saturated carbocycles. The molecule has 2 unspecified atom stereocenters. The number of carbonyl (C=O) groups is 2. The first-order valence-corrected chi connectivity index (χ1v) is 10.0. The summed E-state index contributed by atoms with van der Waals surface area (Å²) in [6.45, 7) is 9.63. The van der Waals surface area contributed by atoms with Crippen molar-refractivity contribution < 1.29 is 19.4 Å². The second-order valence-corrected chi connectivity index (χ2v) is 7.65. The number of amides is 1. The average Bonchev–Trinajstić information content (AvgIpc) is 2.67. The first kappa shape index (κ1) is 23.0. The number of benzene rings is 2. The third-order valence-electron chi connectivity index (χ3n) is 4.70. The van der Waals surface area contributed by atoms with Crippen LogP contribution in [0.1, 0.15) is 62.6 Å². The SMILES string of the molecule is CC#CC(CC(=O)O)c1ccc(NC(=O)C(C)Oc2cc(C)cc(C(C)C)c2)cc1. The van der Waals surface area contributed by atoms with Gasteiger partial charge in [0.2, 0.25) is 0 Å². The summed E-state index contributed by atoms with van der Waals surface area (Å²) in [5.41, 5.74) is 3.67. The van der Waals surface area contributed by atoms with Gasteiger partial charge in [-0.3, -0.25) is 9.59 Å². The lowest BCUT2D eigenvalue weighted by Crippen LogP contribution is -2.30. The predicted molar refractivity (Wildman–Crippen MR) is 119 cm³/mol. The van der Waals surface area contributed by atoms with Crippen molar-refractivity contribution >= 4 is 17.6 Å². The topological polar surface area (TPSA) is 75.6 Å². The maximum absolute atomic E-state index is 12.6.